The number of nitrogens with one attached hydrogen (secondary N) is 2. The molecule has 0 aliphatic carbocycles. The second-order valence-corrected chi connectivity index (χ2v) is 4.71. The zero-order valence-corrected chi connectivity index (χ0v) is 12.5. The molecular formula is C15H21N5O. The molecule has 2 aromatic rings. The lowest BCUT2D eigenvalue weighted by Gasteiger charge is -2.09. The van der Waals surface area contributed by atoms with Gasteiger partial charge < -0.3 is 15.4 Å². The van der Waals surface area contributed by atoms with Gasteiger partial charge in [-0.3, -0.25) is 4.98 Å². The summed E-state index contributed by atoms with van der Waals surface area (Å²) < 4.78 is 5.02. The van der Waals surface area contributed by atoms with E-state index in [0.29, 0.717) is 12.5 Å². The van der Waals surface area contributed by atoms with E-state index in [9.17, 15) is 0 Å². The zero-order chi connectivity index (χ0) is 14.9. The first-order chi connectivity index (χ1) is 10.3. The fourth-order valence-electron chi connectivity index (χ4n) is 1.85. The van der Waals surface area contributed by atoms with Gasteiger partial charge in [-0.15, -0.1) is 0 Å². The fraction of sp³-hybridized carbons (Fsp3) is 0.400. The van der Waals surface area contributed by atoms with Crippen LogP contribution in [0, 0.1) is 6.92 Å². The van der Waals surface area contributed by atoms with Crippen LogP contribution in [0.4, 0.5) is 11.8 Å². The SMILES string of the molecule is COCCCNc1nc(C)cc(NCc2cccnc2)n1. The van der Waals surface area contributed by atoms with Gasteiger partial charge in [0.25, 0.3) is 0 Å². The Bertz CT molecular complexity index is 547. The number of hydrogen-bond acceptors (Lipinski definition) is 6. The third-order valence-electron chi connectivity index (χ3n) is 2.86. The standard InChI is InChI=1S/C15H21N5O/c1-12-9-14(18-11-13-5-3-6-16-10-13)20-15(19-12)17-7-4-8-21-2/h3,5-6,9-10H,4,7-8,11H2,1-2H3,(H2,17,18,19,20). The van der Waals surface area contributed by atoms with Crippen LogP contribution in [-0.4, -0.2) is 35.2 Å². The van der Waals surface area contributed by atoms with E-state index in [0.717, 1.165) is 36.6 Å². The van der Waals surface area contributed by atoms with Crippen LogP contribution in [0.5, 0.6) is 0 Å². The molecule has 0 saturated heterocycles. The first kappa shape index (κ1) is 15.2. The number of rotatable bonds is 8. The van der Waals surface area contributed by atoms with Crippen molar-refractivity contribution in [3.8, 4) is 0 Å². The van der Waals surface area contributed by atoms with E-state index in [2.05, 4.69) is 25.6 Å². The predicted molar refractivity (Wildman–Crippen MR) is 83.3 cm³/mol. The lowest BCUT2D eigenvalue weighted by molar-refractivity contribution is 0.197. The number of aromatic nitrogens is 3. The molecule has 6 heteroatoms. The Hall–Kier alpha value is -2.21. The topological polar surface area (TPSA) is 72.0 Å². The smallest absolute Gasteiger partial charge is 0.224 e. The minimum Gasteiger partial charge on any atom is -0.385 e. The van der Waals surface area contributed by atoms with Gasteiger partial charge in [0.15, 0.2) is 0 Å². The highest BCUT2D eigenvalue weighted by molar-refractivity contribution is 5.42. The molecule has 0 aromatic carbocycles. The average molecular weight is 287 g/mol. The molecule has 0 saturated carbocycles. The first-order valence-corrected chi connectivity index (χ1v) is 6.99. The zero-order valence-electron chi connectivity index (χ0n) is 12.5. The van der Waals surface area contributed by atoms with Gasteiger partial charge in [-0.2, -0.15) is 4.98 Å². The predicted octanol–water partition coefficient (Wildman–Crippen LogP) is 2.24. The van der Waals surface area contributed by atoms with E-state index < -0.39 is 0 Å². The van der Waals surface area contributed by atoms with Gasteiger partial charge >= 0.3 is 0 Å². The van der Waals surface area contributed by atoms with Crippen LogP contribution in [-0.2, 0) is 11.3 Å². The quantitative estimate of drug-likeness (QED) is 0.726. The highest BCUT2D eigenvalue weighted by Crippen LogP contribution is 2.11. The Labute approximate surface area is 125 Å². The van der Waals surface area contributed by atoms with Crippen LogP contribution >= 0.6 is 0 Å². The maximum atomic E-state index is 5.02. The van der Waals surface area contributed by atoms with E-state index in [4.69, 9.17) is 4.74 Å². The highest BCUT2D eigenvalue weighted by atomic mass is 16.5. The molecule has 0 atom stereocenters. The lowest BCUT2D eigenvalue weighted by Crippen LogP contribution is -2.10. The number of ether oxygens (including phenoxy) is 1. The van der Waals surface area contributed by atoms with E-state index >= 15 is 0 Å². The molecule has 112 valence electrons. The van der Waals surface area contributed by atoms with E-state index in [1.54, 1.807) is 13.3 Å². The molecule has 0 aliphatic heterocycles. The molecule has 2 rings (SSSR count). The summed E-state index contributed by atoms with van der Waals surface area (Å²) in [6.07, 6.45) is 4.53. The van der Waals surface area contributed by atoms with Gasteiger partial charge in [0.1, 0.15) is 5.82 Å². The van der Waals surface area contributed by atoms with Crippen LogP contribution in [0.25, 0.3) is 0 Å². The summed E-state index contributed by atoms with van der Waals surface area (Å²) in [6.45, 7) is 4.16. The number of nitrogens with zero attached hydrogens (tertiary/aromatic N) is 3. The maximum absolute atomic E-state index is 5.02. The van der Waals surface area contributed by atoms with E-state index in [1.165, 1.54) is 0 Å². The largest absolute Gasteiger partial charge is 0.385 e. The third kappa shape index (κ3) is 5.35. The fourth-order valence-corrected chi connectivity index (χ4v) is 1.85. The molecule has 0 fully saturated rings. The summed E-state index contributed by atoms with van der Waals surface area (Å²) in [5, 5.41) is 6.49. The van der Waals surface area contributed by atoms with Gasteiger partial charge in [-0.25, -0.2) is 4.98 Å². The molecule has 0 bridgehead atoms. The molecule has 0 amide bonds. The summed E-state index contributed by atoms with van der Waals surface area (Å²) in [4.78, 5) is 12.9. The Morgan fingerprint density at radius 2 is 2.14 bits per heavy atom. The maximum Gasteiger partial charge on any atom is 0.224 e. The third-order valence-corrected chi connectivity index (χ3v) is 2.86. The number of pyridine rings is 1. The number of methoxy groups -OCH3 is 1. The molecule has 21 heavy (non-hydrogen) atoms. The number of aryl methyl sites for hydroxylation is 1. The van der Waals surface area contributed by atoms with Gasteiger partial charge in [0, 0.05) is 51.0 Å². The molecule has 0 unspecified atom stereocenters. The highest BCUT2D eigenvalue weighted by Gasteiger charge is 2.02. The summed E-state index contributed by atoms with van der Waals surface area (Å²) in [6, 6.07) is 5.87. The van der Waals surface area contributed by atoms with Crippen molar-refractivity contribution >= 4 is 11.8 Å². The molecule has 0 aliphatic rings. The Morgan fingerprint density at radius 3 is 2.90 bits per heavy atom. The first-order valence-electron chi connectivity index (χ1n) is 6.99. The van der Waals surface area contributed by atoms with Crippen LogP contribution in [0.2, 0.25) is 0 Å². The lowest BCUT2D eigenvalue weighted by atomic mass is 10.3. The minimum absolute atomic E-state index is 0.639. The second kappa shape index (κ2) is 8.16. The molecule has 0 spiro atoms. The summed E-state index contributed by atoms with van der Waals surface area (Å²) in [5.41, 5.74) is 2.04. The molecule has 6 nitrogen and oxygen atoms in total. The van der Waals surface area contributed by atoms with Crippen molar-refractivity contribution in [1.29, 1.82) is 0 Å². The van der Waals surface area contributed by atoms with Crippen LogP contribution in [0.1, 0.15) is 17.7 Å². The average Bonchev–Trinajstić information content (AvgIpc) is 2.50. The monoisotopic (exact) mass is 287 g/mol. The summed E-state index contributed by atoms with van der Waals surface area (Å²) in [7, 11) is 1.70. The second-order valence-electron chi connectivity index (χ2n) is 4.71. The molecule has 2 aromatic heterocycles. The minimum atomic E-state index is 0.639. The van der Waals surface area contributed by atoms with E-state index in [-0.39, 0.29) is 0 Å². The van der Waals surface area contributed by atoms with Gasteiger partial charge in [0.05, 0.1) is 0 Å². The summed E-state index contributed by atoms with van der Waals surface area (Å²) in [5.74, 6) is 1.44. The van der Waals surface area contributed by atoms with Crippen LogP contribution < -0.4 is 10.6 Å². The molecule has 2 heterocycles. The summed E-state index contributed by atoms with van der Waals surface area (Å²) >= 11 is 0. The van der Waals surface area contributed by atoms with Gasteiger partial charge in [0.2, 0.25) is 5.95 Å². The van der Waals surface area contributed by atoms with Gasteiger partial charge in [-0.05, 0) is 25.0 Å². The van der Waals surface area contributed by atoms with Crippen LogP contribution in [0.15, 0.2) is 30.6 Å². The van der Waals surface area contributed by atoms with Crippen molar-refractivity contribution in [3.63, 3.8) is 0 Å². The van der Waals surface area contributed by atoms with E-state index in [1.807, 2.05) is 31.3 Å². The van der Waals surface area contributed by atoms with Crippen molar-refractivity contribution in [3.05, 3.63) is 41.9 Å². The number of anilines is 2. The van der Waals surface area contributed by atoms with Gasteiger partial charge in [-0.1, -0.05) is 6.07 Å². The van der Waals surface area contributed by atoms with Crippen molar-refractivity contribution in [2.75, 3.05) is 30.9 Å². The van der Waals surface area contributed by atoms with Crippen molar-refractivity contribution in [2.45, 2.75) is 19.9 Å². The molecular weight excluding hydrogens is 266 g/mol. The normalized spacial score (nSPS) is 10.4. The molecule has 0 radical (unpaired) electrons. The Kier molecular flexibility index (Phi) is 5.90. The molecule has 2 N–H and O–H groups in total. The Balaban J connectivity index is 1.91. The Morgan fingerprint density at radius 1 is 1.24 bits per heavy atom. The number of hydrogen-bond donors (Lipinski definition) is 2. The van der Waals surface area contributed by atoms with Crippen molar-refractivity contribution < 1.29 is 4.74 Å². The van der Waals surface area contributed by atoms with Crippen molar-refractivity contribution in [2.24, 2.45) is 0 Å². The van der Waals surface area contributed by atoms with Crippen LogP contribution in [0.3, 0.4) is 0 Å². The van der Waals surface area contributed by atoms with Crippen molar-refractivity contribution in [1.82, 2.24) is 15.0 Å².